The van der Waals surface area contributed by atoms with Crippen molar-refractivity contribution < 1.29 is 74.4 Å². The maximum Gasteiger partial charge on any atom is 0.187 e. The lowest BCUT2D eigenvalue weighted by Crippen LogP contribution is -2.59. The van der Waals surface area contributed by atoms with E-state index < -0.39 is 80.5 Å². The first-order chi connectivity index (χ1) is 22.0. The van der Waals surface area contributed by atoms with E-state index in [0.29, 0.717) is 22.4 Å². The highest BCUT2D eigenvalue weighted by molar-refractivity contribution is 5.55. The van der Waals surface area contributed by atoms with E-state index in [0.717, 1.165) is 0 Å². The van der Waals surface area contributed by atoms with Crippen LogP contribution >= 0.6 is 0 Å². The molecule has 0 spiro atoms. The fourth-order valence-corrected chi connectivity index (χ4v) is 5.27. The molecule has 0 aliphatic carbocycles. The summed E-state index contributed by atoms with van der Waals surface area (Å²) in [5, 5.41) is 91.7. The summed E-state index contributed by atoms with van der Waals surface area (Å²) >= 11 is 0. The van der Waals surface area contributed by atoms with Crippen molar-refractivity contribution >= 4 is 6.08 Å². The lowest BCUT2D eigenvalue weighted by atomic mass is 9.88. The molecule has 256 valence electrons. The smallest absolute Gasteiger partial charge is 0.187 e. The van der Waals surface area contributed by atoms with Gasteiger partial charge in [0.1, 0.15) is 41.9 Å². The van der Waals surface area contributed by atoms with Crippen molar-refractivity contribution in [3.63, 3.8) is 0 Å². The molecule has 0 amide bonds. The highest BCUT2D eigenvalue weighted by Crippen LogP contribution is 2.39. The molecule has 0 saturated carbocycles. The molecule has 10 atom stereocenters. The van der Waals surface area contributed by atoms with Gasteiger partial charge in [0.25, 0.3) is 0 Å². The Morgan fingerprint density at radius 3 is 2.33 bits per heavy atom. The lowest BCUT2D eigenvalue weighted by molar-refractivity contribution is -0.307. The van der Waals surface area contributed by atoms with Crippen molar-refractivity contribution in [1.82, 2.24) is 0 Å². The van der Waals surface area contributed by atoms with E-state index >= 15 is 0 Å². The number of phenols is 1. The van der Waals surface area contributed by atoms with Gasteiger partial charge in [-0.1, -0.05) is 30.4 Å². The molecule has 15 nitrogen and oxygen atoms in total. The number of hydrogen-bond donors (Lipinski definition) is 9. The van der Waals surface area contributed by atoms with Crippen LogP contribution in [-0.2, 0) is 18.9 Å². The van der Waals surface area contributed by atoms with Gasteiger partial charge in [-0.05, 0) is 29.3 Å². The number of aliphatic hydroxyl groups is 8. The third-order valence-electron chi connectivity index (χ3n) is 8.12. The molecule has 0 unspecified atom stereocenters. The summed E-state index contributed by atoms with van der Waals surface area (Å²) in [6.07, 6.45) is -8.11. The van der Waals surface area contributed by atoms with E-state index in [2.05, 4.69) is 0 Å². The first-order valence-corrected chi connectivity index (χ1v) is 14.5. The molecule has 0 bridgehead atoms. The van der Waals surface area contributed by atoms with Crippen LogP contribution in [0.25, 0.3) is 6.08 Å². The quantitative estimate of drug-likeness (QED) is 0.113. The van der Waals surface area contributed by atoms with Crippen LogP contribution in [0.1, 0.15) is 28.7 Å². The van der Waals surface area contributed by atoms with Gasteiger partial charge in [-0.3, -0.25) is 0 Å². The first kappa shape index (κ1) is 35.9. The van der Waals surface area contributed by atoms with Crippen LogP contribution < -0.4 is 9.47 Å². The second kappa shape index (κ2) is 15.8. The van der Waals surface area contributed by atoms with E-state index in [1.165, 1.54) is 32.4 Å². The van der Waals surface area contributed by atoms with Crippen LogP contribution in [0, 0.1) is 0 Å². The number of benzene rings is 2. The average molecular weight is 655 g/mol. The normalized spacial score (nSPS) is 31.2. The standard InChI is InChI=1S/C31H42O15/c1-41-21-10-16(5-7-18(21)19(12-32)24(35)17-6-8-20(34)22(11-17)42-2)4-3-9-43-29-27(38)26(37)25(36)23(46-29)13-44-30-28(39)31(40,14-33)15-45-30/h3-8,10-11,19,23-30,32-40H,9,12-15H2,1-2H3/b4-3+/t19-,23+,24-,25+,26-,27+,28-,29+,30+,31+/m0/s1. The number of ether oxygens (including phenoxy) is 6. The minimum absolute atomic E-state index is 0.0852. The van der Waals surface area contributed by atoms with Crippen molar-refractivity contribution in [3.8, 4) is 17.2 Å². The summed E-state index contributed by atoms with van der Waals surface area (Å²) in [6.45, 7) is -2.03. The number of rotatable bonds is 14. The lowest BCUT2D eigenvalue weighted by Gasteiger charge is -2.40. The maximum absolute atomic E-state index is 11.0. The van der Waals surface area contributed by atoms with Gasteiger partial charge in [0, 0.05) is 11.5 Å². The van der Waals surface area contributed by atoms with Crippen LogP contribution in [0.4, 0.5) is 0 Å². The second-order valence-corrected chi connectivity index (χ2v) is 11.1. The van der Waals surface area contributed by atoms with Crippen LogP contribution in [-0.4, -0.2) is 142 Å². The summed E-state index contributed by atoms with van der Waals surface area (Å²) in [4.78, 5) is 0. The Bertz CT molecular complexity index is 1310. The van der Waals surface area contributed by atoms with E-state index in [4.69, 9.17) is 28.4 Å². The summed E-state index contributed by atoms with van der Waals surface area (Å²) in [7, 11) is 2.84. The Balaban J connectivity index is 1.36. The average Bonchev–Trinajstić information content (AvgIpc) is 3.36. The van der Waals surface area contributed by atoms with Gasteiger partial charge in [0.15, 0.2) is 24.1 Å². The van der Waals surface area contributed by atoms with E-state index in [1.54, 1.807) is 30.4 Å². The van der Waals surface area contributed by atoms with Gasteiger partial charge >= 0.3 is 0 Å². The Kier molecular flexibility index (Phi) is 12.3. The minimum atomic E-state index is -1.90. The van der Waals surface area contributed by atoms with Crippen LogP contribution in [0.3, 0.4) is 0 Å². The zero-order valence-electron chi connectivity index (χ0n) is 25.3. The van der Waals surface area contributed by atoms with E-state index in [9.17, 15) is 46.0 Å². The highest BCUT2D eigenvalue weighted by atomic mass is 16.7. The molecule has 2 aliphatic heterocycles. The summed E-state index contributed by atoms with van der Waals surface area (Å²) in [5.74, 6) is -0.275. The van der Waals surface area contributed by atoms with E-state index in [1.807, 2.05) is 0 Å². The number of methoxy groups -OCH3 is 2. The molecule has 2 heterocycles. The Labute approximate surface area is 265 Å². The zero-order chi connectivity index (χ0) is 33.6. The van der Waals surface area contributed by atoms with Gasteiger partial charge < -0.3 is 74.4 Å². The van der Waals surface area contributed by atoms with Gasteiger partial charge in [-0.25, -0.2) is 0 Å². The molecular formula is C31H42O15. The molecule has 0 aromatic heterocycles. The van der Waals surface area contributed by atoms with Crippen LogP contribution in [0.5, 0.6) is 17.2 Å². The number of aromatic hydroxyl groups is 1. The van der Waals surface area contributed by atoms with Crippen LogP contribution in [0.2, 0.25) is 0 Å². The third-order valence-corrected chi connectivity index (χ3v) is 8.12. The molecule has 0 radical (unpaired) electrons. The van der Waals surface area contributed by atoms with Crippen molar-refractivity contribution in [2.45, 2.75) is 60.7 Å². The molecule has 46 heavy (non-hydrogen) atoms. The fourth-order valence-electron chi connectivity index (χ4n) is 5.27. The molecule has 15 heteroatoms. The van der Waals surface area contributed by atoms with Gasteiger partial charge in [-0.15, -0.1) is 0 Å². The molecule has 2 aromatic carbocycles. The Morgan fingerprint density at radius 2 is 1.67 bits per heavy atom. The SMILES string of the molecule is COc1cc([C@H](O)[C@@H](CO)c2ccc(/C=C/CO[C@@H]3O[C@H](CO[C@@H]4OC[C@](O)(CO)[C@H]4O)[C@@H](O)[C@H](O)[C@H]3O)cc2OC)ccc1O. The minimum Gasteiger partial charge on any atom is -0.504 e. The van der Waals surface area contributed by atoms with Crippen molar-refractivity contribution in [2.75, 3.05) is 47.3 Å². The zero-order valence-corrected chi connectivity index (χ0v) is 25.3. The van der Waals surface area contributed by atoms with Crippen molar-refractivity contribution in [3.05, 3.63) is 59.2 Å². The molecule has 2 aromatic rings. The number of hydrogen-bond acceptors (Lipinski definition) is 15. The first-order valence-electron chi connectivity index (χ1n) is 14.5. The van der Waals surface area contributed by atoms with Gasteiger partial charge in [0.2, 0.25) is 0 Å². The number of phenolic OH excluding ortho intramolecular Hbond substituents is 1. The third kappa shape index (κ3) is 7.79. The van der Waals surface area contributed by atoms with Crippen molar-refractivity contribution in [1.29, 1.82) is 0 Å². The van der Waals surface area contributed by atoms with Crippen LogP contribution in [0.15, 0.2) is 42.5 Å². The highest BCUT2D eigenvalue weighted by Gasteiger charge is 2.50. The second-order valence-electron chi connectivity index (χ2n) is 11.1. The molecule has 9 N–H and O–H groups in total. The predicted octanol–water partition coefficient (Wildman–Crippen LogP) is -1.49. The molecule has 4 rings (SSSR count). The predicted molar refractivity (Wildman–Crippen MR) is 158 cm³/mol. The van der Waals surface area contributed by atoms with E-state index in [-0.39, 0.29) is 24.7 Å². The topological polar surface area (TPSA) is 237 Å². The summed E-state index contributed by atoms with van der Waals surface area (Å²) < 4.78 is 32.4. The monoisotopic (exact) mass is 654 g/mol. The van der Waals surface area contributed by atoms with Crippen molar-refractivity contribution in [2.24, 2.45) is 0 Å². The number of aliphatic hydroxyl groups excluding tert-OH is 7. The largest absolute Gasteiger partial charge is 0.504 e. The molecule has 2 aliphatic rings. The van der Waals surface area contributed by atoms with Gasteiger partial charge in [-0.2, -0.15) is 0 Å². The molecular weight excluding hydrogens is 612 g/mol. The maximum atomic E-state index is 11.0. The fraction of sp³-hybridized carbons (Fsp3) is 0.548. The van der Waals surface area contributed by atoms with Gasteiger partial charge in [0.05, 0.1) is 53.4 Å². The molecule has 2 fully saturated rings. The Hall–Kier alpha value is -2.90. The Morgan fingerprint density at radius 1 is 0.935 bits per heavy atom. The molecule has 2 saturated heterocycles. The summed E-state index contributed by atoms with van der Waals surface area (Å²) in [6, 6.07) is 9.53. The summed E-state index contributed by atoms with van der Waals surface area (Å²) in [5.41, 5.74) is -0.270.